The van der Waals surface area contributed by atoms with E-state index in [-0.39, 0.29) is 4.90 Å². The number of benzene rings is 7. The molecule has 7 heteroatoms. The average Bonchev–Trinajstić information content (AvgIpc) is 3.15. The van der Waals surface area contributed by atoms with E-state index < -0.39 is 16.0 Å². The predicted molar refractivity (Wildman–Crippen MR) is 200 cm³/mol. The quantitative estimate of drug-likeness (QED) is 0.162. The molecule has 0 unspecified atom stereocenters. The number of rotatable bonds is 8. The van der Waals surface area contributed by atoms with Crippen LogP contribution in [0.1, 0.15) is 22.6 Å². The smallest absolute Gasteiger partial charge is 0.294 e. The van der Waals surface area contributed by atoms with E-state index in [1.54, 1.807) is 18.2 Å². The van der Waals surface area contributed by atoms with Crippen molar-refractivity contribution in [1.82, 2.24) is 0 Å². The molecular formula is C43H32N2O4S. The van der Waals surface area contributed by atoms with E-state index in [4.69, 9.17) is 4.74 Å². The molecule has 0 radical (unpaired) electrons. The third-order valence-corrected chi connectivity index (χ3v) is 9.85. The highest BCUT2D eigenvalue weighted by molar-refractivity contribution is 7.85. The lowest BCUT2D eigenvalue weighted by Gasteiger charge is -2.33. The van der Waals surface area contributed by atoms with Gasteiger partial charge in [-0.15, -0.1) is 0 Å². The Morgan fingerprint density at radius 3 is 1.16 bits per heavy atom. The van der Waals surface area contributed by atoms with Gasteiger partial charge < -0.3 is 14.5 Å². The lowest BCUT2D eigenvalue weighted by Crippen LogP contribution is -2.17. The number of hydrogen-bond donors (Lipinski definition) is 1. The zero-order valence-corrected chi connectivity index (χ0v) is 27.7. The third-order valence-electron chi connectivity index (χ3n) is 8.92. The van der Waals surface area contributed by atoms with Crippen molar-refractivity contribution in [2.45, 2.75) is 10.8 Å². The van der Waals surface area contributed by atoms with Gasteiger partial charge in [-0.2, -0.15) is 8.42 Å². The number of fused-ring (bicyclic) bond motifs is 2. The molecule has 0 aliphatic carbocycles. The van der Waals surface area contributed by atoms with Gasteiger partial charge in [0, 0.05) is 63.3 Å². The summed E-state index contributed by atoms with van der Waals surface area (Å²) in [7, 11) is -4.53. The highest BCUT2D eigenvalue weighted by Crippen LogP contribution is 2.52. The van der Waals surface area contributed by atoms with E-state index in [9.17, 15) is 13.0 Å². The van der Waals surface area contributed by atoms with Gasteiger partial charge in [-0.3, -0.25) is 4.55 Å². The van der Waals surface area contributed by atoms with Gasteiger partial charge >= 0.3 is 0 Å². The second kappa shape index (κ2) is 13.0. The van der Waals surface area contributed by atoms with Gasteiger partial charge in [0.05, 0.1) is 4.90 Å². The SMILES string of the molecule is O=S(=O)(O)c1ccccc1C1c2ccc(N(c3ccccc3)c3ccccc3)cc2Oc2cc(N(c3ccccc3)c3ccccc3)ccc21. The van der Waals surface area contributed by atoms with Crippen LogP contribution in [-0.4, -0.2) is 13.0 Å². The first-order valence-corrected chi connectivity index (χ1v) is 17.7. The van der Waals surface area contributed by atoms with Crippen molar-refractivity contribution >= 4 is 44.2 Å². The van der Waals surface area contributed by atoms with E-state index in [1.165, 1.54) is 6.07 Å². The third kappa shape index (κ3) is 5.89. The molecule has 0 fully saturated rings. The molecule has 1 N–H and O–H groups in total. The molecule has 0 bridgehead atoms. The second-order valence-electron chi connectivity index (χ2n) is 12.0. The summed E-state index contributed by atoms with van der Waals surface area (Å²) in [4.78, 5) is 4.18. The lowest BCUT2D eigenvalue weighted by atomic mass is 9.82. The summed E-state index contributed by atoms with van der Waals surface area (Å²) in [5, 5.41) is 0. The highest BCUT2D eigenvalue weighted by atomic mass is 32.2. The molecule has 0 aromatic heterocycles. The number of ether oxygens (including phenoxy) is 1. The Bertz CT molecular complexity index is 2180. The Morgan fingerprint density at radius 2 is 0.780 bits per heavy atom. The van der Waals surface area contributed by atoms with Crippen molar-refractivity contribution in [2.75, 3.05) is 9.80 Å². The monoisotopic (exact) mass is 672 g/mol. The first kappa shape index (κ1) is 31.1. The zero-order valence-electron chi connectivity index (χ0n) is 26.9. The van der Waals surface area contributed by atoms with Crippen LogP contribution in [0.2, 0.25) is 0 Å². The fourth-order valence-corrected chi connectivity index (χ4v) is 7.49. The Labute approximate surface area is 291 Å². The van der Waals surface area contributed by atoms with Crippen LogP contribution in [0, 0.1) is 0 Å². The van der Waals surface area contributed by atoms with Crippen molar-refractivity contribution in [3.8, 4) is 11.5 Å². The Kier molecular flexibility index (Phi) is 8.12. The summed E-state index contributed by atoms with van der Waals surface area (Å²) >= 11 is 0. The first-order valence-electron chi connectivity index (χ1n) is 16.3. The molecule has 0 atom stereocenters. The Hall–Kier alpha value is -6.15. The van der Waals surface area contributed by atoms with Crippen molar-refractivity contribution < 1.29 is 17.7 Å². The minimum atomic E-state index is -4.53. The van der Waals surface area contributed by atoms with Gasteiger partial charge in [0.1, 0.15) is 11.5 Å². The largest absolute Gasteiger partial charge is 0.457 e. The van der Waals surface area contributed by atoms with Crippen LogP contribution in [0.4, 0.5) is 34.1 Å². The first-order chi connectivity index (χ1) is 24.5. The van der Waals surface area contributed by atoms with Crippen molar-refractivity contribution in [1.29, 1.82) is 0 Å². The summed E-state index contributed by atoms with van der Waals surface area (Å²) in [5.41, 5.74) is 7.70. The van der Waals surface area contributed by atoms with E-state index in [0.717, 1.165) is 45.3 Å². The molecule has 0 amide bonds. The number of anilines is 6. The molecule has 50 heavy (non-hydrogen) atoms. The fraction of sp³-hybridized carbons (Fsp3) is 0.0233. The topological polar surface area (TPSA) is 70.1 Å². The Morgan fingerprint density at radius 1 is 0.420 bits per heavy atom. The Balaban J connectivity index is 1.33. The second-order valence-corrected chi connectivity index (χ2v) is 13.4. The van der Waals surface area contributed by atoms with Crippen molar-refractivity contribution in [2.24, 2.45) is 0 Å². The molecule has 1 aliphatic heterocycles. The van der Waals surface area contributed by atoms with Crippen LogP contribution in [0.15, 0.2) is 187 Å². The highest BCUT2D eigenvalue weighted by Gasteiger charge is 2.34. The molecule has 1 heterocycles. The van der Waals surface area contributed by atoms with Crippen molar-refractivity contribution in [3.63, 3.8) is 0 Å². The van der Waals surface area contributed by atoms with Gasteiger partial charge in [0.25, 0.3) is 10.1 Å². The number of nitrogens with zero attached hydrogens (tertiary/aromatic N) is 2. The van der Waals surface area contributed by atoms with Crippen LogP contribution in [0.3, 0.4) is 0 Å². The van der Waals surface area contributed by atoms with Gasteiger partial charge in [-0.05, 0) is 72.3 Å². The van der Waals surface area contributed by atoms with E-state index in [1.807, 2.05) is 109 Å². The molecule has 0 spiro atoms. The summed E-state index contributed by atoms with van der Waals surface area (Å²) in [6, 6.07) is 59.1. The summed E-state index contributed by atoms with van der Waals surface area (Å²) in [6.07, 6.45) is 0. The average molecular weight is 673 g/mol. The van der Waals surface area contributed by atoms with Gasteiger partial charge in [-0.25, -0.2) is 0 Å². The zero-order chi connectivity index (χ0) is 34.1. The molecule has 7 aromatic rings. The molecule has 8 rings (SSSR count). The maximum Gasteiger partial charge on any atom is 0.294 e. The van der Waals surface area contributed by atoms with Gasteiger partial charge in [0.15, 0.2) is 0 Å². The maximum absolute atomic E-state index is 12.7. The minimum absolute atomic E-state index is 0.137. The van der Waals surface area contributed by atoms with Crippen LogP contribution < -0.4 is 14.5 Å². The number of para-hydroxylation sites is 4. The predicted octanol–water partition coefficient (Wildman–Crippen LogP) is 11.2. The van der Waals surface area contributed by atoms with E-state index >= 15 is 0 Å². The van der Waals surface area contributed by atoms with E-state index in [0.29, 0.717) is 17.1 Å². The summed E-state index contributed by atoms with van der Waals surface area (Å²) < 4.78 is 42.7. The van der Waals surface area contributed by atoms with Crippen LogP contribution >= 0.6 is 0 Å². The molecule has 7 aromatic carbocycles. The minimum Gasteiger partial charge on any atom is -0.457 e. The van der Waals surface area contributed by atoms with Gasteiger partial charge in [-0.1, -0.05) is 103 Å². The molecule has 0 saturated carbocycles. The molecule has 0 saturated heterocycles. The molecule has 6 nitrogen and oxygen atoms in total. The fourth-order valence-electron chi connectivity index (χ4n) is 6.76. The van der Waals surface area contributed by atoms with Crippen molar-refractivity contribution in [3.05, 3.63) is 199 Å². The standard InChI is InChI=1S/C43H32N2O4S/c46-50(47,48)42-24-14-13-23-39(42)43-37-27-25-35(44(31-15-5-1-6-16-31)32-17-7-2-8-18-32)29-40(37)49-41-30-36(26-28-38(41)43)45(33-19-9-3-10-20-33)34-21-11-4-12-22-34/h1-30,43H,(H,46,47,48). The normalized spacial score (nSPS) is 12.3. The van der Waals surface area contributed by atoms with Crippen LogP contribution in [0.25, 0.3) is 0 Å². The van der Waals surface area contributed by atoms with Crippen LogP contribution in [0.5, 0.6) is 11.5 Å². The van der Waals surface area contributed by atoms with Gasteiger partial charge in [0.2, 0.25) is 0 Å². The maximum atomic E-state index is 12.7. The summed E-state index contributed by atoms with van der Waals surface area (Å²) in [5.74, 6) is 0.633. The summed E-state index contributed by atoms with van der Waals surface area (Å²) in [6.45, 7) is 0. The molecule has 244 valence electrons. The van der Waals surface area contributed by atoms with Crippen LogP contribution in [-0.2, 0) is 10.1 Å². The van der Waals surface area contributed by atoms with E-state index in [2.05, 4.69) is 58.3 Å². The lowest BCUT2D eigenvalue weighted by molar-refractivity contribution is 0.451. The molecule has 1 aliphatic rings. The molecular weight excluding hydrogens is 641 g/mol. The number of hydrogen-bond acceptors (Lipinski definition) is 5.